The van der Waals surface area contributed by atoms with Gasteiger partial charge in [0.05, 0.1) is 6.61 Å². The van der Waals surface area contributed by atoms with Gasteiger partial charge in [0.2, 0.25) is 5.91 Å². The molecule has 3 rings (SSSR count). The van der Waals surface area contributed by atoms with Crippen molar-refractivity contribution in [2.24, 2.45) is 11.3 Å². The lowest BCUT2D eigenvalue weighted by Gasteiger charge is -2.46. The average Bonchev–Trinajstić information content (AvgIpc) is 2.71. The third kappa shape index (κ3) is 5.32. The zero-order valence-corrected chi connectivity index (χ0v) is 16.4. The van der Waals surface area contributed by atoms with E-state index in [2.05, 4.69) is 5.32 Å². The molecule has 5 nitrogen and oxygen atoms in total. The van der Waals surface area contributed by atoms with Crippen LogP contribution in [0.25, 0.3) is 0 Å². The Bertz CT molecular complexity index is 614. The van der Waals surface area contributed by atoms with Crippen LogP contribution in [0.4, 0.5) is 0 Å². The summed E-state index contributed by atoms with van der Waals surface area (Å²) in [6, 6.07) is 9.58. The molecule has 2 amide bonds. The van der Waals surface area contributed by atoms with Gasteiger partial charge in [0.15, 0.2) is 0 Å². The van der Waals surface area contributed by atoms with Gasteiger partial charge in [0, 0.05) is 38.7 Å². The predicted molar refractivity (Wildman–Crippen MR) is 105 cm³/mol. The van der Waals surface area contributed by atoms with Crippen molar-refractivity contribution in [3.8, 4) is 0 Å². The minimum Gasteiger partial charge on any atom is -0.383 e. The van der Waals surface area contributed by atoms with Crippen molar-refractivity contribution in [2.75, 3.05) is 33.4 Å². The Labute approximate surface area is 162 Å². The number of hydrogen-bond acceptors (Lipinski definition) is 3. The van der Waals surface area contributed by atoms with Crippen LogP contribution in [0, 0.1) is 11.3 Å². The second-order valence-electron chi connectivity index (χ2n) is 8.15. The Kier molecular flexibility index (Phi) is 6.89. The van der Waals surface area contributed by atoms with E-state index >= 15 is 0 Å². The first-order chi connectivity index (χ1) is 13.1. The molecule has 1 N–H and O–H groups in total. The highest BCUT2D eigenvalue weighted by Crippen LogP contribution is 2.47. The normalized spacial score (nSPS) is 19.8. The number of methoxy groups -OCH3 is 1. The molecule has 1 spiro atoms. The summed E-state index contributed by atoms with van der Waals surface area (Å²) >= 11 is 0. The van der Waals surface area contributed by atoms with Gasteiger partial charge in [-0.3, -0.25) is 9.59 Å². The number of benzene rings is 1. The smallest absolute Gasteiger partial charge is 0.253 e. The van der Waals surface area contributed by atoms with Crippen molar-refractivity contribution in [3.05, 3.63) is 35.9 Å². The van der Waals surface area contributed by atoms with Gasteiger partial charge in [-0.25, -0.2) is 0 Å². The van der Waals surface area contributed by atoms with Crippen LogP contribution in [0.5, 0.6) is 0 Å². The molecule has 1 saturated heterocycles. The molecule has 0 aromatic heterocycles. The fourth-order valence-electron chi connectivity index (χ4n) is 4.57. The monoisotopic (exact) mass is 372 g/mol. The summed E-state index contributed by atoms with van der Waals surface area (Å²) in [6.07, 6.45) is 7.47. The van der Waals surface area contributed by atoms with Gasteiger partial charge in [-0.15, -0.1) is 0 Å². The van der Waals surface area contributed by atoms with E-state index in [-0.39, 0.29) is 11.8 Å². The predicted octanol–water partition coefficient (Wildman–Crippen LogP) is 3.25. The largest absolute Gasteiger partial charge is 0.383 e. The van der Waals surface area contributed by atoms with Crippen LogP contribution in [-0.4, -0.2) is 50.1 Å². The fourth-order valence-corrected chi connectivity index (χ4v) is 4.57. The molecule has 27 heavy (non-hydrogen) atoms. The molecule has 1 saturated carbocycles. The Morgan fingerprint density at radius 1 is 1.11 bits per heavy atom. The van der Waals surface area contributed by atoms with E-state index in [1.165, 1.54) is 12.8 Å². The number of nitrogens with one attached hydrogen (secondary N) is 1. The first kappa shape index (κ1) is 19.9. The maximum atomic E-state index is 12.6. The van der Waals surface area contributed by atoms with Crippen LogP contribution < -0.4 is 5.32 Å². The molecule has 0 radical (unpaired) electrons. The zero-order valence-electron chi connectivity index (χ0n) is 16.4. The number of hydrogen-bond donors (Lipinski definition) is 1. The van der Waals surface area contributed by atoms with Crippen molar-refractivity contribution in [3.63, 3.8) is 0 Å². The molecule has 0 atom stereocenters. The van der Waals surface area contributed by atoms with E-state index in [9.17, 15) is 9.59 Å². The molecule has 2 aliphatic rings. The van der Waals surface area contributed by atoms with Crippen molar-refractivity contribution in [1.82, 2.24) is 10.2 Å². The number of carbonyl (C=O) groups is 2. The fraction of sp³-hybridized carbons (Fsp3) is 0.636. The maximum Gasteiger partial charge on any atom is 0.253 e. The SMILES string of the molecule is COCCNC(=O)CC1CCC2(CC1)CCN(C(=O)c1ccccc1)CC2. The third-order valence-corrected chi connectivity index (χ3v) is 6.40. The Morgan fingerprint density at radius 3 is 2.41 bits per heavy atom. The van der Waals surface area contributed by atoms with Crippen molar-refractivity contribution in [2.45, 2.75) is 44.9 Å². The Balaban J connectivity index is 1.42. The summed E-state index contributed by atoms with van der Waals surface area (Å²) in [6.45, 7) is 2.88. The number of amides is 2. The van der Waals surface area contributed by atoms with Gasteiger partial charge in [0.25, 0.3) is 5.91 Å². The molecule has 2 fully saturated rings. The Morgan fingerprint density at radius 2 is 1.78 bits per heavy atom. The highest BCUT2D eigenvalue weighted by Gasteiger charge is 2.39. The standard InChI is InChI=1S/C22H32N2O3/c1-27-16-13-23-20(25)17-18-7-9-22(10-8-18)11-14-24(15-12-22)21(26)19-5-3-2-4-6-19/h2-6,18H,7-17H2,1H3,(H,23,25). The molecule has 148 valence electrons. The van der Waals surface area contributed by atoms with Crippen molar-refractivity contribution < 1.29 is 14.3 Å². The van der Waals surface area contributed by atoms with E-state index < -0.39 is 0 Å². The average molecular weight is 373 g/mol. The third-order valence-electron chi connectivity index (χ3n) is 6.40. The first-order valence-electron chi connectivity index (χ1n) is 10.2. The molecule has 1 aromatic rings. The summed E-state index contributed by atoms with van der Waals surface area (Å²) in [4.78, 5) is 26.6. The van der Waals surface area contributed by atoms with Crippen LogP contribution in [0.1, 0.15) is 55.3 Å². The quantitative estimate of drug-likeness (QED) is 0.780. The second-order valence-corrected chi connectivity index (χ2v) is 8.15. The van der Waals surface area contributed by atoms with Crippen LogP contribution in [0.3, 0.4) is 0 Å². The molecule has 0 bridgehead atoms. The number of piperidine rings is 1. The zero-order chi connectivity index (χ0) is 19.1. The number of ether oxygens (including phenoxy) is 1. The number of nitrogens with zero attached hydrogens (tertiary/aromatic N) is 1. The maximum absolute atomic E-state index is 12.6. The lowest BCUT2D eigenvalue weighted by Crippen LogP contribution is -2.44. The van der Waals surface area contributed by atoms with Crippen molar-refractivity contribution >= 4 is 11.8 Å². The van der Waals surface area contributed by atoms with E-state index in [0.717, 1.165) is 44.3 Å². The summed E-state index contributed by atoms with van der Waals surface area (Å²) < 4.78 is 4.97. The minimum absolute atomic E-state index is 0.149. The first-order valence-corrected chi connectivity index (χ1v) is 10.2. The molecular weight excluding hydrogens is 340 g/mol. The topological polar surface area (TPSA) is 58.6 Å². The highest BCUT2D eigenvalue weighted by atomic mass is 16.5. The van der Waals surface area contributed by atoms with Gasteiger partial charge in [-0.05, 0) is 62.0 Å². The van der Waals surface area contributed by atoms with Gasteiger partial charge < -0.3 is 15.0 Å². The lowest BCUT2D eigenvalue weighted by atomic mass is 9.65. The molecule has 1 aliphatic carbocycles. The van der Waals surface area contributed by atoms with E-state index in [4.69, 9.17) is 4.74 Å². The molecule has 5 heteroatoms. The molecule has 1 aliphatic heterocycles. The van der Waals surface area contributed by atoms with E-state index in [0.29, 0.717) is 30.9 Å². The van der Waals surface area contributed by atoms with Crippen LogP contribution in [0.15, 0.2) is 30.3 Å². The molecule has 1 heterocycles. The van der Waals surface area contributed by atoms with E-state index in [1.54, 1.807) is 7.11 Å². The minimum atomic E-state index is 0.149. The summed E-state index contributed by atoms with van der Waals surface area (Å²) in [5.74, 6) is 0.810. The number of carbonyl (C=O) groups excluding carboxylic acids is 2. The van der Waals surface area contributed by atoms with Crippen LogP contribution in [-0.2, 0) is 9.53 Å². The van der Waals surface area contributed by atoms with Gasteiger partial charge >= 0.3 is 0 Å². The lowest BCUT2D eigenvalue weighted by molar-refractivity contribution is -0.122. The van der Waals surface area contributed by atoms with E-state index in [1.807, 2.05) is 35.2 Å². The number of likely N-dealkylation sites (tertiary alicyclic amines) is 1. The van der Waals surface area contributed by atoms with Crippen molar-refractivity contribution in [1.29, 1.82) is 0 Å². The Hall–Kier alpha value is -1.88. The summed E-state index contributed by atoms with van der Waals surface area (Å²) in [5.41, 5.74) is 1.17. The van der Waals surface area contributed by atoms with Gasteiger partial charge in [-0.2, -0.15) is 0 Å². The molecule has 0 unspecified atom stereocenters. The molecule has 1 aromatic carbocycles. The van der Waals surface area contributed by atoms with Crippen LogP contribution >= 0.6 is 0 Å². The van der Waals surface area contributed by atoms with Gasteiger partial charge in [-0.1, -0.05) is 18.2 Å². The summed E-state index contributed by atoms with van der Waals surface area (Å²) in [7, 11) is 1.64. The van der Waals surface area contributed by atoms with Crippen LogP contribution in [0.2, 0.25) is 0 Å². The summed E-state index contributed by atoms with van der Waals surface area (Å²) in [5, 5.41) is 2.93. The van der Waals surface area contributed by atoms with Gasteiger partial charge in [0.1, 0.15) is 0 Å². The highest BCUT2D eigenvalue weighted by molar-refractivity contribution is 5.94. The number of rotatable bonds is 6. The molecular formula is C22H32N2O3. The second kappa shape index (κ2) is 9.36.